The van der Waals surface area contributed by atoms with Crippen LogP contribution in [0.5, 0.6) is 0 Å². The fraction of sp³-hybridized carbons (Fsp3) is 0.125. The molecule has 1 unspecified atom stereocenters. The first-order chi connectivity index (χ1) is 8.84. The van der Waals surface area contributed by atoms with Gasteiger partial charge in [0.1, 0.15) is 0 Å². The summed E-state index contributed by atoms with van der Waals surface area (Å²) < 4.78 is 0. The third-order valence-corrected chi connectivity index (χ3v) is 3.61. The van der Waals surface area contributed by atoms with Crippen molar-refractivity contribution in [2.24, 2.45) is 0 Å². The van der Waals surface area contributed by atoms with Gasteiger partial charge in [-0.05, 0) is 17.2 Å². The predicted octanol–water partition coefficient (Wildman–Crippen LogP) is 4.07. The van der Waals surface area contributed by atoms with E-state index in [0.29, 0.717) is 5.92 Å². The molecule has 1 nitrogen and oxygen atoms in total. The molecule has 2 aromatic rings. The van der Waals surface area contributed by atoms with Crippen molar-refractivity contribution >= 4 is 17.3 Å². The Balaban J connectivity index is 1.91. The maximum absolute atomic E-state index is 6.24. The molecule has 1 atom stereocenters. The summed E-state index contributed by atoms with van der Waals surface area (Å²) in [5, 5.41) is 4.29. The van der Waals surface area contributed by atoms with E-state index in [1.54, 1.807) is 0 Å². The average Bonchev–Trinajstić information content (AvgIpc) is 2.90. The van der Waals surface area contributed by atoms with Gasteiger partial charge in [0.2, 0.25) is 0 Å². The predicted molar refractivity (Wildman–Crippen MR) is 76.6 cm³/mol. The molecule has 0 saturated carbocycles. The number of nitrogens with one attached hydrogen (secondary N) is 1. The zero-order valence-corrected chi connectivity index (χ0v) is 10.7. The van der Waals surface area contributed by atoms with Crippen LogP contribution in [-0.4, -0.2) is 6.54 Å². The van der Waals surface area contributed by atoms with Gasteiger partial charge >= 0.3 is 0 Å². The lowest BCUT2D eigenvalue weighted by Crippen LogP contribution is -2.10. The topological polar surface area (TPSA) is 12.0 Å². The molecule has 90 valence electrons. The van der Waals surface area contributed by atoms with Gasteiger partial charge in [-0.15, -0.1) is 0 Å². The van der Waals surface area contributed by atoms with Gasteiger partial charge in [0.05, 0.1) is 0 Å². The highest BCUT2D eigenvalue weighted by molar-refractivity contribution is 6.31. The minimum Gasteiger partial charge on any atom is -0.384 e. The summed E-state index contributed by atoms with van der Waals surface area (Å²) in [7, 11) is 0. The fourth-order valence-electron chi connectivity index (χ4n) is 2.33. The summed E-state index contributed by atoms with van der Waals surface area (Å²) in [5.41, 5.74) is 3.62. The monoisotopic (exact) mass is 255 g/mol. The maximum Gasteiger partial charge on any atom is 0.0444 e. The van der Waals surface area contributed by atoms with Crippen LogP contribution in [0.2, 0.25) is 5.02 Å². The summed E-state index contributed by atoms with van der Waals surface area (Å²) in [4.78, 5) is 0. The average molecular weight is 256 g/mol. The molecule has 3 rings (SSSR count). The van der Waals surface area contributed by atoms with Gasteiger partial charge in [-0.25, -0.2) is 0 Å². The Labute approximate surface area is 112 Å². The molecule has 0 aromatic heterocycles. The van der Waals surface area contributed by atoms with Crippen LogP contribution in [0.25, 0.3) is 5.70 Å². The van der Waals surface area contributed by atoms with Gasteiger partial charge in [-0.2, -0.15) is 0 Å². The zero-order valence-electron chi connectivity index (χ0n) is 9.94. The van der Waals surface area contributed by atoms with Crippen LogP contribution >= 0.6 is 11.6 Å². The summed E-state index contributed by atoms with van der Waals surface area (Å²) >= 11 is 6.24. The van der Waals surface area contributed by atoms with E-state index < -0.39 is 0 Å². The molecule has 1 aliphatic rings. The van der Waals surface area contributed by atoms with Crippen molar-refractivity contribution in [2.75, 3.05) is 6.54 Å². The molecule has 0 fully saturated rings. The lowest BCUT2D eigenvalue weighted by Gasteiger charge is -2.08. The SMILES string of the molecule is Clc1ccccc1C1C=C(c2ccccc2)NC1. The molecule has 0 aliphatic carbocycles. The van der Waals surface area contributed by atoms with Crippen LogP contribution in [0, 0.1) is 0 Å². The van der Waals surface area contributed by atoms with Crippen molar-refractivity contribution < 1.29 is 0 Å². The van der Waals surface area contributed by atoms with Crippen LogP contribution in [0.15, 0.2) is 60.7 Å². The third-order valence-electron chi connectivity index (χ3n) is 3.27. The normalized spacial score (nSPS) is 18.3. The standard InChI is InChI=1S/C16H14ClN/c17-15-9-5-4-8-14(15)13-10-16(18-11-13)12-6-2-1-3-7-12/h1-10,13,18H,11H2. The Morgan fingerprint density at radius 2 is 1.67 bits per heavy atom. The van der Waals surface area contributed by atoms with Crippen molar-refractivity contribution in [3.8, 4) is 0 Å². The Morgan fingerprint density at radius 3 is 2.44 bits per heavy atom. The molecule has 1 aliphatic heterocycles. The van der Waals surface area contributed by atoms with Gasteiger partial charge in [-0.3, -0.25) is 0 Å². The third kappa shape index (κ3) is 2.14. The smallest absolute Gasteiger partial charge is 0.0444 e. The molecule has 0 radical (unpaired) electrons. The summed E-state index contributed by atoms with van der Waals surface area (Å²) in [6, 6.07) is 18.4. The highest BCUT2D eigenvalue weighted by Crippen LogP contribution is 2.31. The van der Waals surface area contributed by atoms with Gasteiger partial charge in [0.25, 0.3) is 0 Å². The van der Waals surface area contributed by atoms with E-state index in [1.165, 1.54) is 16.8 Å². The lowest BCUT2D eigenvalue weighted by atomic mass is 10.00. The van der Waals surface area contributed by atoms with Crippen LogP contribution < -0.4 is 5.32 Å². The molecule has 0 spiro atoms. The Morgan fingerprint density at radius 1 is 0.944 bits per heavy atom. The highest BCUT2D eigenvalue weighted by atomic mass is 35.5. The van der Waals surface area contributed by atoms with Gasteiger partial charge < -0.3 is 5.32 Å². The van der Waals surface area contributed by atoms with E-state index >= 15 is 0 Å². The van der Waals surface area contributed by atoms with Crippen molar-refractivity contribution in [1.29, 1.82) is 0 Å². The van der Waals surface area contributed by atoms with Crippen LogP contribution in [0.3, 0.4) is 0 Å². The number of hydrogen-bond acceptors (Lipinski definition) is 1. The molecular weight excluding hydrogens is 242 g/mol. The van der Waals surface area contributed by atoms with E-state index in [2.05, 4.69) is 41.7 Å². The number of rotatable bonds is 2. The second-order valence-corrected chi connectivity index (χ2v) is 4.86. The molecule has 2 heteroatoms. The van der Waals surface area contributed by atoms with Crippen LogP contribution in [0.4, 0.5) is 0 Å². The quantitative estimate of drug-likeness (QED) is 0.853. The first-order valence-corrected chi connectivity index (χ1v) is 6.48. The molecule has 0 bridgehead atoms. The van der Waals surface area contributed by atoms with E-state index in [1.807, 2.05) is 24.3 Å². The minimum absolute atomic E-state index is 0.355. The maximum atomic E-state index is 6.24. The molecule has 0 amide bonds. The van der Waals surface area contributed by atoms with Crippen LogP contribution in [0.1, 0.15) is 17.0 Å². The molecular formula is C16H14ClN. The molecule has 18 heavy (non-hydrogen) atoms. The van der Waals surface area contributed by atoms with E-state index in [4.69, 9.17) is 11.6 Å². The van der Waals surface area contributed by atoms with Crippen molar-refractivity contribution in [1.82, 2.24) is 5.32 Å². The van der Waals surface area contributed by atoms with Gasteiger partial charge in [0, 0.05) is 23.2 Å². The van der Waals surface area contributed by atoms with Gasteiger partial charge in [-0.1, -0.05) is 66.2 Å². The highest BCUT2D eigenvalue weighted by Gasteiger charge is 2.19. The van der Waals surface area contributed by atoms with Gasteiger partial charge in [0.15, 0.2) is 0 Å². The van der Waals surface area contributed by atoms with E-state index in [-0.39, 0.29) is 0 Å². The largest absolute Gasteiger partial charge is 0.384 e. The molecule has 1 heterocycles. The number of benzene rings is 2. The van der Waals surface area contributed by atoms with Crippen LogP contribution in [-0.2, 0) is 0 Å². The van der Waals surface area contributed by atoms with Crippen molar-refractivity contribution in [3.63, 3.8) is 0 Å². The minimum atomic E-state index is 0.355. The number of halogens is 1. The molecule has 1 N–H and O–H groups in total. The molecule has 2 aromatic carbocycles. The molecule has 0 saturated heterocycles. The second-order valence-electron chi connectivity index (χ2n) is 4.46. The Kier molecular flexibility index (Phi) is 3.07. The Hall–Kier alpha value is -1.73. The summed E-state index contributed by atoms with van der Waals surface area (Å²) in [6.07, 6.45) is 2.26. The van der Waals surface area contributed by atoms with Crippen molar-refractivity contribution in [2.45, 2.75) is 5.92 Å². The fourth-order valence-corrected chi connectivity index (χ4v) is 2.61. The first-order valence-electron chi connectivity index (χ1n) is 6.10. The summed E-state index contributed by atoms with van der Waals surface area (Å²) in [6.45, 7) is 0.911. The first kappa shape index (κ1) is 11.4. The lowest BCUT2D eigenvalue weighted by molar-refractivity contribution is 0.819. The second kappa shape index (κ2) is 4.87. The number of hydrogen-bond donors (Lipinski definition) is 1. The summed E-state index contributed by atoms with van der Waals surface area (Å²) in [5.74, 6) is 0.355. The van der Waals surface area contributed by atoms with E-state index in [0.717, 1.165) is 11.6 Å². The zero-order chi connectivity index (χ0) is 12.4. The van der Waals surface area contributed by atoms with Crippen molar-refractivity contribution in [3.05, 3.63) is 76.8 Å². The van der Waals surface area contributed by atoms with E-state index in [9.17, 15) is 0 Å². The Bertz CT molecular complexity index is 575.